The van der Waals surface area contributed by atoms with Crippen LogP contribution in [0, 0.1) is 0 Å². The van der Waals surface area contributed by atoms with Crippen molar-refractivity contribution < 1.29 is 23.8 Å². The van der Waals surface area contributed by atoms with Gasteiger partial charge in [-0.05, 0) is 25.5 Å². The molecule has 0 radical (unpaired) electrons. The number of ether oxygens (including phenoxy) is 3. The minimum Gasteiger partial charge on any atom is -0.497 e. The first-order chi connectivity index (χ1) is 10.1. The van der Waals surface area contributed by atoms with Crippen LogP contribution in [0.1, 0.15) is 30.1 Å². The number of nitrogens with one attached hydrogen (secondary N) is 1. The first-order valence-corrected chi connectivity index (χ1v) is 6.78. The zero-order chi connectivity index (χ0) is 15.7. The van der Waals surface area contributed by atoms with Crippen LogP contribution in [0.15, 0.2) is 18.2 Å². The summed E-state index contributed by atoms with van der Waals surface area (Å²) in [5.41, 5.74) is 1.04. The van der Waals surface area contributed by atoms with E-state index >= 15 is 0 Å². The topological polar surface area (TPSA) is 73.9 Å². The number of carbonyl (C=O) groups is 2. The number of rotatable bonds is 8. The minimum absolute atomic E-state index is 0.224. The van der Waals surface area contributed by atoms with Gasteiger partial charge in [0.1, 0.15) is 5.75 Å². The Hall–Kier alpha value is -2.24. The second-order valence-electron chi connectivity index (χ2n) is 4.24. The summed E-state index contributed by atoms with van der Waals surface area (Å²) in [6, 6.07) is 5.05. The lowest BCUT2D eigenvalue weighted by atomic mass is 10.1. The fourth-order valence-corrected chi connectivity index (χ4v) is 1.77. The third-order valence-electron chi connectivity index (χ3n) is 2.81. The van der Waals surface area contributed by atoms with Gasteiger partial charge in [-0.15, -0.1) is 0 Å². The molecule has 21 heavy (non-hydrogen) atoms. The Morgan fingerprint density at radius 1 is 1.24 bits per heavy atom. The fourth-order valence-electron chi connectivity index (χ4n) is 1.77. The first kappa shape index (κ1) is 16.8. The molecule has 1 aromatic carbocycles. The number of hydrogen-bond acceptors (Lipinski definition) is 6. The number of anilines is 1. The SMILES string of the molecule is CCOC(=O)CCCNc1cc(OC)ccc1C(=O)OC. The molecule has 0 fully saturated rings. The Labute approximate surface area is 124 Å². The molecule has 0 aliphatic carbocycles. The van der Waals surface area contributed by atoms with E-state index < -0.39 is 5.97 Å². The van der Waals surface area contributed by atoms with Gasteiger partial charge in [0.15, 0.2) is 0 Å². The molecule has 0 atom stereocenters. The molecular formula is C15H21NO5. The number of hydrogen-bond donors (Lipinski definition) is 1. The molecule has 0 saturated carbocycles. The highest BCUT2D eigenvalue weighted by Gasteiger charge is 2.12. The van der Waals surface area contributed by atoms with Gasteiger partial charge in [0, 0.05) is 19.0 Å². The smallest absolute Gasteiger partial charge is 0.339 e. The van der Waals surface area contributed by atoms with Crippen molar-refractivity contribution in [3.8, 4) is 5.75 Å². The Morgan fingerprint density at radius 3 is 2.62 bits per heavy atom. The van der Waals surface area contributed by atoms with Crippen molar-refractivity contribution in [3.05, 3.63) is 23.8 Å². The maximum absolute atomic E-state index is 11.7. The molecule has 116 valence electrons. The van der Waals surface area contributed by atoms with Gasteiger partial charge >= 0.3 is 11.9 Å². The van der Waals surface area contributed by atoms with Crippen LogP contribution < -0.4 is 10.1 Å². The molecular weight excluding hydrogens is 274 g/mol. The molecule has 0 spiro atoms. The van der Waals surface area contributed by atoms with Crippen LogP contribution in [0.25, 0.3) is 0 Å². The highest BCUT2D eigenvalue weighted by Crippen LogP contribution is 2.23. The number of benzene rings is 1. The molecule has 1 rings (SSSR count). The molecule has 0 saturated heterocycles. The summed E-state index contributed by atoms with van der Waals surface area (Å²) in [7, 11) is 2.88. The van der Waals surface area contributed by atoms with Crippen LogP contribution in [0.2, 0.25) is 0 Å². The molecule has 1 N–H and O–H groups in total. The van der Waals surface area contributed by atoms with E-state index in [0.717, 1.165) is 0 Å². The summed E-state index contributed by atoms with van der Waals surface area (Å²) in [5, 5.41) is 3.11. The minimum atomic E-state index is -0.425. The first-order valence-electron chi connectivity index (χ1n) is 6.78. The zero-order valence-electron chi connectivity index (χ0n) is 12.6. The quantitative estimate of drug-likeness (QED) is 0.585. The van der Waals surface area contributed by atoms with Gasteiger partial charge in [-0.3, -0.25) is 4.79 Å². The van der Waals surface area contributed by atoms with Gasteiger partial charge < -0.3 is 19.5 Å². The summed E-state index contributed by atoms with van der Waals surface area (Å²) in [6.45, 7) is 2.69. The van der Waals surface area contributed by atoms with Crippen LogP contribution in [0.4, 0.5) is 5.69 Å². The lowest BCUT2D eigenvalue weighted by Crippen LogP contribution is -2.11. The molecule has 0 heterocycles. The molecule has 6 nitrogen and oxygen atoms in total. The van der Waals surface area contributed by atoms with Crippen LogP contribution in [-0.2, 0) is 14.3 Å². The number of methoxy groups -OCH3 is 2. The molecule has 0 unspecified atom stereocenters. The van der Waals surface area contributed by atoms with Crippen molar-refractivity contribution >= 4 is 17.6 Å². The van der Waals surface area contributed by atoms with E-state index in [1.54, 1.807) is 32.2 Å². The monoisotopic (exact) mass is 295 g/mol. The summed E-state index contributed by atoms with van der Waals surface area (Å²) in [4.78, 5) is 22.9. The van der Waals surface area contributed by atoms with Gasteiger partial charge in [0.25, 0.3) is 0 Å². The summed E-state index contributed by atoms with van der Waals surface area (Å²) >= 11 is 0. The van der Waals surface area contributed by atoms with E-state index in [1.807, 2.05) is 0 Å². The Kier molecular flexibility index (Phi) is 7.08. The molecule has 0 amide bonds. The molecule has 0 aromatic heterocycles. The van der Waals surface area contributed by atoms with Gasteiger partial charge in [-0.1, -0.05) is 0 Å². The van der Waals surface area contributed by atoms with Crippen molar-refractivity contribution in [2.24, 2.45) is 0 Å². The van der Waals surface area contributed by atoms with Gasteiger partial charge in [-0.2, -0.15) is 0 Å². The molecule has 6 heteroatoms. The van der Waals surface area contributed by atoms with E-state index in [4.69, 9.17) is 14.2 Å². The lowest BCUT2D eigenvalue weighted by Gasteiger charge is -2.12. The molecule has 1 aromatic rings. The van der Waals surface area contributed by atoms with Gasteiger partial charge in [0.2, 0.25) is 0 Å². The van der Waals surface area contributed by atoms with Crippen LogP contribution in [0.5, 0.6) is 5.75 Å². The van der Waals surface area contributed by atoms with Crippen molar-refractivity contribution in [2.45, 2.75) is 19.8 Å². The highest BCUT2D eigenvalue weighted by molar-refractivity contribution is 5.95. The summed E-state index contributed by atoms with van der Waals surface area (Å²) in [5.74, 6) is -0.0146. The van der Waals surface area contributed by atoms with Gasteiger partial charge in [-0.25, -0.2) is 4.79 Å². The maximum atomic E-state index is 11.7. The normalized spacial score (nSPS) is 9.86. The van der Waals surface area contributed by atoms with Crippen molar-refractivity contribution in [1.29, 1.82) is 0 Å². The number of carbonyl (C=O) groups excluding carboxylic acids is 2. The molecule has 0 aliphatic heterocycles. The van der Waals surface area contributed by atoms with Crippen LogP contribution in [-0.4, -0.2) is 39.3 Å². The summed E-state index contributed by atoms with van der Waals surface area (Å²) in [6.07, 6.45) is 0.940. The van der Waals surface area contributed by atoms with E-state index in [9.17, 15) is 9.59 Å². The Morgan fingerprint density at radius 2 is 2.00 bits per heavy atom. The molecule has 0 aliphatic rings. The third kappa shape index (κ3) is 5.33. The standard InChI is InChI=1S/C15H21NO5/c1-4-21-14(17)6-5-9-16-13-10-11(19-2)7-8-12(13)15(18)20-3/h7-8,10,16H,4-6,9H2,1-3H3. The zero-order valence-corrected chi connectivity index (χ0v) is 12.6. The maximum Gasteiger partial charge on any atom is 0.339 e. The average Bonchev–Trinajstić information content (AvgIpc) is 2.50. The van der Waals surface area contributed by atoms with Crippen LogP contribution in [0.3, 0.4) is 0 Å². The largest absolute Gasteiger partial charge is 0.497 e. The van der Waals surface area contributed by atoms with Crippen LogP contribution >= 0.6 is 0 Å². The molecule has 0 bridgehead atoms. The second-order valence-corrected chi connectivity index (χ2v) is 4.24. The lowest BCUT2D eigenvalue weighted by molar-refractivity contribution is -0.143. The van der Waals surface area contributed by atoms with Crippen molar-refractivity contribution in [2.75, 3.05) is 32.7 Å². The van der Waals surface area contributed by atoms with E-state index in [-0.39, 0.29) is 5.97 Å². The van der Waals surface area contributed by atoms with Crippen molar-refractivity contribution in [1.82, 2.24) is 0 Å². The predicted octanol–water partition coefficient (Wildman–Crippen LogP) is 2.24. The van der Waals surface area contributed by atoms with E-state index in [1.165, 1.54) is 7.11 Å². The number of esters is 2. The predicted molar refractivity (Wildman–Crippen MR) is 78.7 cm³/mol. The Balaban J connectivity index is 2.63. The summed E-state index contributed by atoms with van der Waals surface area (Å²) < 4.78 is 14.7. The fraction of sp³-hybridized carbons (Fsp3) is 0.467. The van der Waals surface area contributed by atoms with E-state index in [2.05, 4.69) is 5.32 Å². The van der Waals surface area contributed by atoms with Gasteiger partial charge in [0.05, 0.1) is 32.1 Å². The average molecular weight is 295 g/mol. The third-order valence-corrected chi connectivity index (χ3v) is 2.81. The van der Waals surface area contributed by atoms with Crippen molar-refractivity contribution in [3.63, 3.8) is 0 Å². The Bertz CT molecular complexity index is 487. The highest BCUT2D eigenvalue weighted by atomic mass is 16.5. The van der Waals surface area contributed by atoms with E-state index in [0.29, 0.717) is 43.0 Å². The second kappa shape index (κ2) is 8.84.